The molecule has 0 aliphatic carbocycles. The van der Waals surface area contributed by atoms with E-state index in [1.165, 1.54) is 0 Å². The average Bonchev–Trinajstić information content (AvgIpc) is 2.30. The molecule has 2 atom stereocenters. The smallest absolute Gasteiger partial charge is 0.216 e. The number of nitrogens with two attached hydrogens (primary N) is 1. The van der Waals surface area contributed by atoms with Gasteiger partial charge in [0.1, 0.15) is 0 Å². The minimum absolute atomic E-state index is 0.0584. The Kier molecular flexibility index (Phi) is 5.13. The van der Waals surface area contributed by atoms with Crippen LogP contribution >= 0.6 is 0 Å². The van der Waals surface area contributed by atoms with Crippen molar-refractivity contribution in [1.82, 2.24) is 4.72 Å². The van der Waals surface area contributed by atoms with Crippen molar-refractivity contribution in [3.8, 4) is 0 Å². The summed E-state index contributed by atoms with van der Waals surface area (Å²) in [6, 6.07) is 6.56. The molecule has 6 heteroatoms. The van der Waals surface area contributed by atoms with Gasteiger partial charge in [-0.1, -0.05) is 25.1 Å². The second-order valence-corrected chi connectivity index (χ2v) is 6.28. The van der Waals surface area contributed by atoms with E-state index < -0.39 is 10.0 Å². The summed E-state index contributed by atoms with van der Waals surface area (Å²) >= 11 is 0. The van der Waals surface area contributed by atoms with E-state index in [1.54, 1.807) is 38.1 Å². The summed E-state index contributed by atoms with van der Waals surface area (Å²) in [5.41, 5.74) is 6.75. The molecule has 102 valence electrons. The summed E-state index contributed by atoms with van der Waals surface area (Å²) in [6.45, 7) is 3.45. The zero-order chi connectivity index (χ0) is 13.8. The highest BCUT2D eigenvalue weighted by Gasteiger charge is 2.19. The van der Waals surface area contributed by atoms with Crippen LogP contribution in [0.15, 0.2) is 24.3 Å². The number of aliphatic hydroxyl groups excluding tert-OH is 1. The minimum Gasteiger partial charge on any atom is -0.398 e. The molecule has 0 saturated carbocycles. The van der Waals surface area contributed by atoms with Crippen LogP contribution in [0.1, 0.15) is 19.4 Å². The van der Waals surface area contributed by atoms with Crippen LogP contribution in [0.2, 0.25) is 0 Å². The van der Waals surface area contributed by atoms with Crippen molar-refractivity contribution in [1.29, 1.82) is 0 Å². The van der Waals surface area contributed by atoms with Crippen molar-refractivity contribution in [2.75, 3.05) is 12.3 Å². The van der Waals surface area contributed by atoms with Gasteiger partial charge in [0.25, 0.3) is 0 Å². The van der Waals surface area contributed by atoms with E-state index in [4.69, 9.17) is 10.8 Å². The average molecular weight is 272 g/mol. The van der Waals surface area contributed by atoms with Crippen LogP contribution in [0.3, 0.4) is 0 Å². The number of aliphatic hydroxyl groups is 1. The normalized spacial score (nSPS) is 15.3. The lowest BCUT2D eigenvalue weighted by Gasteiger charge is -2.19. The van der Waals surface area contributed by atoms with Gasteiger partial charge < -0.3 is 10.8 Å². The standard InChI is InChI=1S/C12H20N2O3S/c1-9(7-15)10(2)14-18(16,17)8-11-5-3-4-6-12(11)13/h3-6,9-10,14-15H,7-8,13H2,1-2H3. The van der Waals surface area contributed by atoms with E-state index in [9.17, 15) is 8.42 Å². The molecule has 0 saturated heterocycles. The van der Waals surface area contributed by atoms with Gasteiger partial charge in [-0.3, -0.25) is 0 Å². The third-order valence-electron chi connectivity index (χ3n) is 2.91. The first kappa shape index (κ1) is 14.9. The number of sulfonamides is 1. The molecule has 18 heavy (non-hydrogen) atoms. The third kappa shape index (κ3) is 4.29. The second-order valence-electron chi connectivity index (χ2n) is 4.52. The lowest BCUT2D eigenvalue weighted by atomic mass is 10.1. The van der Waals surface area contributed by atoms with Gasteiger partial charge in [-0.2, -0.15) is 0 Å². The van der Waals surface area contributed by atoms with Crippen molar-refractivity contribution >= 4 is 15.7 Å². The van der Waals surface area contributed by atoms with E-state index in [-0.39, 0.29) is 24.3 Å². The summed E-state index contributed by atoms with van der Waals surface area (Å²) in [5, 5.41) is 8.98. The first-order valence-corrected chi connectivity index (χ1v) is 7.45. The quantitative estimate of drug-likeness (QED) is 0.665. The minimum atomic E-state index is -3.45. The molecule has 0 spiro atoms. The van der Waals surface area contributed by atoms with Crippen LogP contribution in [0, 0.1) is 5.92 Å². The largest absolute Gasteiger partial charge is 0.398 e. The van der Waals surface area contributed by atoms with E-state index in [2.05, 4.69) is 4.72 Å². The van der Waals surface area contributed by atoms with Crippen LogP contribution in [0.5, 0.6) is 0 Å². The molecule has 4 N–H and O–H groups in total. The molecule has 1 aromatic carbocycles. The fourth-order valence-corrected chi connectivity index (χ4v) is 3.02. The number of hydrogen-bond acceptors (Lipinski definition) is 4. The Morgan fingerprint density at radius 2 is 1.94 bits per heavy atom. The molecule has 0 fully saturated rings. The SMILES string of the molecule is CC(CO)C(C)NS(=O)(=O)Cc1ccccc1N. The molecule has 1 aromatic rings. The van der Waals surface area contributed by atoms with Gasteiger partial charge >= 0.3 is 0 Å². The van der Waals surface area contributed by atoms with Crippen LogP contribution in [0.4, 0.5) is 5.69 Å². The summed E-state index contributed by atoms with van der Waals surface area (Å²) in [6.07, 6.45) is 0. The van der Waals surface area contributed by atoms with Crippen LogP contribution < -0.4 is 10.5 Å². The summed E-state index contributed by atoms with van der Waals surface area (Å²) in [5.74, 6) is -0.282. The topological polar surface area (TPSA) is 92.4 Å². The van der Waals surface area contributed by atoms with Gasteiger partial charge in [0.15, 0.2) is 0 Å². The molecule has 0 aliphatic rings. The summed E-state index contributed by atoms with van der Waals surface area (Å²) in [4.78, 5) is 0. The molecule has 1 rings (SSSR count). The first-order chi connectivity index (χ1) is 8.35. The van der Waals surface area contributed by atoms with Gasteiger partial charge in [-0.15, -0.1) is 0 Å². The zero-order valence-corrected chi connectivity index (χ0v) is 11.4. The van der Waals surface area contributed by atoms with Crippen LogP contribution in [0.25, 0.3) is 0 Å². The Morgan fingerprint density at radius 3 is 2.50 bits per heavy atom. The Labute approximate surface area is 108 Å². The molecule has 0 amide bonds. The number of para-hydroxylation sites is 1. The number of rotatable bonds is 6. The van der Waals surface area contributed by atoms with Crippen LogP contribution in [-0.4, -0.2) is 26.2 Å². The van der Waals surface area contributed by atoms with Crippen molar-refractivity contribution in [3.05, 3.63) is 29.8 Å². The number of hydrogen-bond donors (Lipinski definition) is 3. The van der Waals surface area contributed by atoms with Crippen molar-refractivity contribution < 1.29 is 13.5 Å². The molecular formula is C12H20N2O3S. The van der Waals surface area contributed by atoms with Gasteiger partial charge in [0.2, 0.25) is 10.0 Å². The fourth-order valence-electron chi connectivity index (χ4n) is 1.47. The molecule has 0 bridgehead atoms. The van der Waals surface area contributed by atoms with E-state index in [1.807, 2.05) is 0 Å². The van der Waals surface area contributed by atoms with Gasteiger partial charge in [-0.05, 0) is 24.5 Å². The van der Waals surface area contributed by atoms with E-state index >= 15 is 0 Å². The van der Waals surface area contributed by atoms with Gasteiger partial charge in [0.05, 0.1) is 5.75 Å². The molecule has 0 heterocycles. The van der Waals surface area contributed by atoms with Gasteiger partial charge in [-0.25, -0.2) is 13.1 Å². The lowest BCUT2D eigenvalue weighted by molar-refractivity contribution is 0.216. The van der Waals surface area contributed by atoms with Crippen molar-refractivity contribution in [3.63, 3.8) is 0 Å². The molecular weight excluding hydrogens is 252 g/mol. The highest BCUT2D eigenvalue weighted by atomic mass is 32.2. The van der Waals surface area contributed by atoms with E-state index in [0.717, 1.165) is 0 Å². The molecule has 2 unspecified atom stereocenters. The monoisotopic (exact) mass is 272 g/mol. The first-order valence-electron chi connectivity index (χ1n) is 5.80. The van der Waals surface area contributed by atoms with Gasteiger partial charge in [0, 0.05) is 18.3 Å². The van der Waals surface area contributed by atoms with E-state index in [0.29, 0.717) is 11.3 Å². The maximum absolute atomic E-state index is 11.9. The fraction of sp³-hybridized carbons (Fsp3) is 0.500. The number of nitrogen functional groups attached to an aromatic ring is 1. The predicted molar refractivity (Wildman–Crippen MR) is 72.3 cm³/mol. The summed E-state index contributed by atoms with van der Waals surface area (Å²) < 4.78 is 26.4. The Hall–Kier alpha value is -1.11. The Bertz CT molecular complexity index is 488. The molecule has 0 radical (unpaired) electrons. The number of nitrogens with one attached hydrogen (secondary N) is 1. The molecule has 5 nitrogen and oxygen atoms in total. The maximum atomic E-state index is 11.9. The number of benzene rings is 1. The highest BCUT2D eigenvalue weighted by Crippen LogP contribution is 2.14. The van der Waals surface area contributed by atoms with Crippen molar-refractivity contribution in [2.45, 2.75) is 25.6 Å². The maximum Gasteiger partial charge on any atom is 0.216 e. The highest BCUT2D eigenvalue weighted by molar-refractivity contribution is 7.88. The Balaban J connectivity index is 2.74. The zero-order valence-electron chi connectivity index (χ0n) is 10.6. The Morgan fingerprint density at radius 1 is 1.33 bits per heavy atom. The lowest BCUT2D eigenvalue weighted by Crippen LogP contribution is -2.39. The molecule has 0 aliphatic heterocycles. The second kappa shape index (κ2) is 6.17. The predicted octanol–water partition coefficient (Wildman–Crippen LogP) is 0.705. The summed E-state index contributed by atoms with van der Waals surface area (Å²) in [7, 11) is -3.45. The van der Waals surface area contributed by atoms with Crippen LogP contribution in [-0.2, 0) is 15.8 Å². The number of anilines is 1. The third-order valence-corrected chi connectivity index (χ3v) is 4.33. The van der Waals surface area contributed by atoms with Crippen molar-refractivity contribution in [2.24, 2.45) is 5.92 Å². The molecule has 0 aromatic heterocycles.